The number of benzene rings is 2. The van der Waals surface area contributed by atoms with Gasteiger partial charge in [-0.25, -0.2) is 4.68 Å². The van der Waals surface area contributed by atoms with Gasteiger partial charge in [0.1, 0.15) is 12.3 Å². The molecule has 0 saturated carbocycles. The van der Waals surface area contributed by atoms with Crippen molar-refractivity contribution in [2.24, 2.45) is 0 Å². The molecule has 1 N–H and O–H groups in total. The van der Waals surface area contributed by atoms with Crippen LogP contribution in [0.25, 0.3) is 0 Å². The van der Waals surface area contributed by atoms with Crippen LogP contribution < -0.4 is 10.1 Å². The lowest BCUT2D eigenvalue weighted by molar-refractivity contribution is -0.117. The molecule has 7 heteroatoms. The Morgan fingerprint density at radius 1 is 1.21 bits per heavy atom. The molecular weight excluding hydrogens is 374 g/mol. The molecule has 0 unspecified atom stereocenters. The van der Waals surface area contributed by atoms with Gasteiger partial charge in [0.2, 0.25) is 5.91 Å². The topological polar surface area (TPSA) is 69.3 Å². The molecule has 0 saturated heterocycles. The number of nitrogens with one attached hydrogen (secondary N) is 1. The molecule has 0 aliphatic carbocycles. The lowest BCUT2D eigenvalue weighted by Crippen LogP contribution is -2.20. The fourth-order valence-electron chi connectivity index (χ4n) is 2.73. The van der Waals surface area contributed by atoms with E-state index in [2.05, 4.69) is 24.3 Å². The van der Waals surface area contributed by atoms with Crippen LogP contribution in [-0.4, -0.2) is 15.7 Å². The average Bonchev–Trinajstić information content (AvgIpc) is 3.01. The van der Waals surface area contributed by atoms with E-state index >= 15 is 0 Å². The van der Waals surface area contributed by atoms with E-state index in [9.17, 15) is 4.79 Å². The number of hydrogen-bond acceptors (Lipinski definition) is 5. The Bertz CT molecular complexity index is 1010. The van der Waals surface area contributed by atoms with Crippen LogP contribution in [0.3, 0.4) is 0 Å². The fraction of sp³-hybridized carbons (Fsp3) is 0.286. The molecule has 2 aromatic carbocycles. The van der Waals surface area contributed by atoms with Crippen molar-refractivity contribution in [3.8, 4) is 5.75 Å². The van der Waals surface area contributed by atoms with Gasteiger partial charge in [-0.1, -0.05) is 49.7 Å². The number of carbonyl (C=O) groups excluding carboxylic acids is 1. The van der Waals surface area contributed by atoms with E-state index in [1.54, 1.807) is 0 Å². The number of carbonyl (C=O) groups is 1. The number of rotatable bonds is 7. The van der Waals surface area contributed by atoms with Gasteiger partial charge in [-0.15, -0.1) is 5.10 Å². The van der Waals surface area contributed by atoms with Gasteiger partial charge in [0.15, 0.2) is 6.61 Å². The number of aromatic nitrogens is 2. The summed E-state index contributed by atoms with van der Waals surface area (Å²) >= 11 is 5.17. The van der Waals surface area contributed by atoms with Crippen LogP contribution in [0.2, 0.25) is 0 Å². The zero-order valence-corrected chi connectivity index (χ0v) is 17.0. The van der Waals surface area contributed by atoms with Crippen molar-refractivity contribution in [1.82, 2.24) is 9.78 Å². The minimum atomic E-state index is -0.219. The van der Waals surface area contributed by atoms with E-state index in [1.807, 2.05) is 55.5 Å². The van der Waals surface area contributed by atoms with Crippen molar-refractivity contribution in [3.63, 3.8) is 0 Å². The molecule has 1 amide bonds. The molecule has 3 aromatic rings. The first kappa shape index (κ1) is 19.8. The van der Waals surface area contributed by atoms with Gasteiger partial charge in [0, 0.05) is 5.69 Å². The maximum atomic E-state index is 12.4. The van der Waals surface area contributed by atoms with Crippen LogP contribution in [0.1, 0.15) is 36.8 Å². The van der Waals surface area contributed by atoms with Gasteiger partial charge in [-0.05, 0) is 48.8 Å². The van der Waals surface area contributed by atoms with Gasteiger partial charge in [0.05, 0.1) is 0 Å². The van der Waals surface area contributed by atoms with E-state index in [-0.39, 0.29) is 23.9 Å². The first-order valence-corrected chi connectivity index (χ1v) is 9.48. The number of anilines is 1. The number of hydrogen-bond donors (Lipinski definition) is 1. The quantitative estimate of drug-likeness (QED) is 0.577. The highest BCUT2D eigenvalue weighted by molar-refractivity contribution is 7.71. The van der Waals surface area contributed by atoms with Gasteiger partial charge in [-0.3, -0.25) is 4.79 Å². The summed E-state index contributed by atoms with van der Waals surface area (Å²) in [5.74, 6) is 1.12. The number of ether oxygens (including phenoxy) is 1. The molecule has 28 heavy (non-hydrogen) atoms. The summed E-state index contributed by atoms with van der Waals surface area (Å²) < 4.78 is 12.4. The number of nitrogens with zero attached hydrogens (tertiary/aromatic N) is 2. The predicted octanol–water partition coefficient (Wildman–Crippen LogP) is 4.86. The second-order valence-corrected chi connectivity index (χ2v) is 7.16. The summed E-state index contributed by atoms with van der Waals surface area (Å²) in [6.45, 7) is 6.28. The molecule has 3 rings (SSSR count). The average molecular weight is 398 g/mol. The van der Waals surface area contributed by atoms with Crippen molar-refractivity contribution in [1.29, 1.82) is 0 Å². The Labute approximate surface area is 169 Å². The molecule has 0 bridgehead atoms. The first-order chi connectivity index (χ1) is 13.4. The molecule has 0 atom stereocenters. The minimum Gasteiger partial charge on any atom is -0.484 e. The Morgan fingerprint density at radius 3 is 2.64 bits per heavy atom. The molecule has 0 aliphatic heterocycles. The molecule has 1 aromatic heterocycles. The van der Waals surface area contributed by atoms with E-state index in [1.165, 1.54) is 4.68 Å². The number of para-hydroxylation sites is 1. The van der Waals surface area contributed by atoms with Crippen molar-refractivity contribution in [3.05, 3.63) is 70.4 Å². The Balaban J connectivity index is 1.62. The van der Waals surface area contributed by atoms with Crippen LogP contribution in [0.5, 0.6) is 5.75 Å². The fourth-order valence-corrected chi connectivity index (χ4v) is 2.93. The number of aryl methyl sites for hydroxylation is 1. The van der Waals surface area contributed by atoms with Gasteiger partial charge in [0.25, 0.3) is 10.7 Å². The van der Waals surface area contributed by atoms with E-state index in [0.717, 1.165) is 16.8 Å². The third kappa shape index (κ3) is 5.07. The van der Waals surface area contributed by atoms with Gasteiger partial charge in [-0.2, -0.15) is 0 Å². The lowest BCUT2D eigenvalue weighted by Gasteiger charge is -2.13. The highest BCUT2D eigenvalue weighted by Crippen LogP contribution is 2.23. The summed E-state index contributed by atoms with van der Waals surface area (Å²) in [7, 11) is 0. The summed E-state index contributed by atoms with van der Waals surface area (Å²) in [5.41, 5.74) is 3.02. The third-order valence-electron chi connectivity index (χ3n) is 4.18. The Hall–Kier alpha value is -2.93. The molecule has 0 fully saturated rings. The van der Waals surface area contributed by atoms with Crippen LogP contribution in [0.15, 0.2) is 52.9 Å². The zero-order chi connectivity index (χ0) is 20.1. The predicted molar refractivity (Wildman–Crippen MR) is 110 cm³/mol. The summed E-state index contributed by atoms with van der Waals surface area (Å²) in [6, 6.07) is 15.4. The zero-order valence-electron chi connectivity index (χ0n) is 16.1. The van der Waals surface area contributed by atoms with Crippen molar-refractivity contribution in [2.45, 2.75) is 39.8 Å². The molecule has 0 aliphatic rings. The van der Waals surface area contributed by atoms with Gasteiger partial charge >= 0.3 is 0 Å². The van der Waals surface area contributed by atoms with Crippen molar-refractivity contribution in [2.75, 3.05) is 5.32 Å². The van der Waals surface area contributed by atoms with Crippen LogP contribution in [-0.2, 0) is 17.9 Å². The second kappa shape index (κ2) is 8.84. The molecule has 0 spiro atoms. The highest BCUT2D eigenvalue weighted by atomic mass is 32.1. The minimum absolute atomic E-state index is 0.0285. The maximum absolute atomic E-state index is 12.4. The van der Waals surface area contributed by atoms with Crippen LogP contribution in [0, 0.1) is 11.8 Å². The molecule has 0 radical (unpaired) electrons. The monoisotopic (exact) mass is 397 g/mol. The standard InChI is InChI=1S/C21H23N3O3S/c1-14(2)17-6-4-5-7-18(17)22-19(25)12-24-21(28)27-20(23-24)13-26-16-10-8-15(3)9-11-16/h4-11,14H,12-13H2,1-3H3,(H,22,25). The van der Waals surface area contributed by atoms with E-state index < -0.39 is 0 Å². The molecular formula is C21H23N3O3S. The smallest absolute Gasteiger partial charge is 0.287 e. The van der Waals surface area contributed by atoms with Crippen LogP contribution in [0.4, 0.5) is 5.69 Å². The summed E-state index contributed by atoms with van der Waals surface area (Å²) in [4.78, 5) is 12.6. The van der Waals surface area contributed by atoms with Crippen molar-refractivity contribution < 1.29 is 13.9 Å². The van der Waals surface area contributed by atoms with Crippen LogP contribution >= 0.6 is 12.2 Å². The highest BCUT2D eigenvalue weighted by Gasteiger charge is 2.13. The van der Waals surface area contributed by atoms with E-state index in [0.29, 0.717) is 17.6 Å². The summed E-state index contributed by atoms with van der Waals surface area (Å²) in [5, 5.41) is 7.16. The molecule has 1 heterocycles. The lowest BCUT2D eigenvalue weighted by atomic mass is 10.0. The normalized spacial score (nSPS) is 10.9. The largest absolute Gasteiger partial charge is 0.484 e. The third-order valence-corrected chi connectivity index (χ3v) is 4.48. The molecule has 146 valence electrons. The first-order valence-electron chi connectivity index (χ1n) is 9.07. The molecule has 6 nitrogen and oxygen atoms in total. The van der Waals surface area contributed by atoms with Crippen molar-refractivity contribution >= 4 is 23.8 Å². The van der Waals surface area contributed by atoms with E-state index in [4.69, 9.17) is 21.4 Å². The second-order valence-electron chi connectivity index (χ2n) is 6.81. The maximum Gasteiger partial charge on any atom is 0.287 e. The summed E-state index contributed by atoms with van der Waals surface area (Å²) in [6.07, 6.45) is 0. The number of amides is 1. The Morgan fingerprint density at radius 2 is 1.93 bits per heavy atom. The van der Waals surface area contributed by atoms with Gasteiger partial charge < -0.3 is 14.5 Å². The Kier molecular flexibility index (Phi) is 6.26. The SMILES string of the molecule is Cc1ccc(OCc2nn(CC(=O)Nc3ccccc3C(C)C)c(=S)o2)cc1.